The van der Waals surface area contributed by atoms with E-state index in [4.69, 9.17) is 0 Å². The summed E-state index contributed by atoms with van der Waals surface area (Å²) in [6.07, 6.45) is 0. The van der Waals surface area contributed by atoms with Crippen LogP contribution in [0.4, 0.5) is 5.69 Å². The Hall–Kier alpha value is -3.66. The van der Waals surface area contributed by atoms with Gasteiger partial charge in [0.25, 0.3) is 5.69 Å². The molecule has 0 bridgehead atoms. The summed E-state index contributed by atoms with van der Waals surface area (Å²) >= 11 is 0. The summed E-state index contributed by atoms with van der Waals surface area (Å²) < 4.78 is 5.96. The van der Waals surface area contributed by atoms with Crippen LogP contribution in [0, 0.1) is 22.0 Å². The van der Waals surface area contributed by atoms with E-state index in [1.807, 2.05) is 6.07 Å². The predicted molar refractivity (Wildman–Crippen MR) is 76.6 cm³/mol. The molecule has 0 saturated heterocycles. The van der Waals surface area contributed by atoms with Crippen molar-refractivity contribution in [1.29, 1.82) is 0 Å². The highest BCUT2D eigenvalue weighted by Gasteiger charge is 2.17. The van der Waals surface area contributed by atoms with Gasteiger partial charge in [-0.15, -0.1) is 0 Å². The normalized spacial score (nSPS) is 9.91. The Labute approximate surface area is 130 Å². The van der Waals surface area contributed by atoms with Crippen LogP contribution in [0.15, 0.2) is 59.1 Å². The van der Waals surface area contributed by atoms with Crippen molar-refractivity contribution in [1.82, 2.24) is 5.27 Å². The van der Waals surface area contributed by atoms with Crippen LogP contribution in [0.3, 0.4) is 0 Å². The standard InChI is InChI=1S/C16H9N3O4/c20-16-15(18(17-23-16)13-4-2-1-3-5-13)11-8-12-6-9-14(10-7-12)19(21)22/h1-7,9-10H. The van der Waals surface area contributed by atoms with E-state index in [1.165, 1.54) is 28.9 Å². The first-order chi connectivity index (χ1) is 11.1. The monoisotopic (exact) mass is 307 g/mol. The maximum absolute atomic E-state index is 11.7. The van der Waals surface area contributed by atoms with Crippen LogP contribution in [0.2, 0.25) is 0 Å². The Bertz CT molecular complexity index is 906. The van der Waals surface area contributed by atoms with Crippen LogP contribution >= 0.6 is 0 Å². The quantitative estimate of drug-likeness (QED) is 0.308. The summed E-state index contributed by atoms with van der Waals surface area (Å²) in [6.45, 7) is 0. The topological polar surface area (TPSA) is 96.1 Å². The number of hydrogen-bond acceptors (Lipinski definition) is 5. The third kappa shape index (κ3) is 3.01. The van der Waals surface area contributed by atoms with E-state index in [-0.39, 0.29) is 11.4 Å². The molecule has 7 heteroatoms. The number of benzene rings is 2. The third-order valence-electron chi connectivity index (χ3n) is 3.01. The Morgan fingerprint density at radius 3 is 2.39 bits per heavy atom. The van der Waals surface area contributed by atoms with Gasteiger partial charge in [-0.05, 0) is 16.8 Å². The van der Waals surface area contributed by atoms with E-state index in [0.717, 1.165) is 0 Å². The van der Waals surface area contributed by atoms with E-state index < -0.39 is 10.9 Å². The number of aromatic nitrogens is 2. The molecule has 0 fully saturated rings. The zero-order chi connectivity index (χ0) is 16.2. The molecule has 0 aliphatic heterocycles. The summed E-state index contributed by atoms with van der Waals surface area (Å²) in [4.78, 5) is 10.1. The molecule has 0 amide bonds. The summed E-state index contributed by atoms with van der Waals surface area (Å²) in [5, 5.41) is 26.0. The molecule has 0 atom stereocenters. The molecule has 0 saturated carbocycles. The van der Waals surface area contributed by atoms with Crippen LogP contribution in [0.5, 0.6) is 5.95 Å². The first kappa shape index (κ1) is 14.3. The van der Waals surface area contributed by atoms with Gasteiger partial charge in [0.1, 0.15) is 0 Å². The van der Waals surface area contributed by atoms with Gasteiger partial charge in [0.15, 0.2) is 5.95 Å². The summed E-state index contributed by atoms with van der Waals surface area (Å²) in [6, 6.07) is 14.7. The largest absolute Gasteiger partial charge is 0.538 e. The van der Waals surface area contributed by atoms with Crippen molar-refractivity contribution in [3.05, 3.63) is 76.0 Å². The molecular formula is C16H9N3O4. The number of para-hydroxylation sites is 1. The molecule has 1 heterocycles. The highest BCUT2D eigenvalue weighted by atomic mass is 16.6. The van der Waals surface area contributed by atoms with Crippen molar-refractivity contribution in [2.24, 2.45) is 0 Å². The van der Waals surface area contributed by atoms with Crippen LogP contribution in [-0.2, 0) is 0 Å². The van der Waals surface area contributed by atoms with Gasteiger partial charge in [0, 0.05) is 35.7 Å². The van der Waals surface area contributed by atoms with Gasteiger partial charge >= 0.3 is 5.69 Å². The molecule has 3 rings (SSSR count). The van der Waals surface area contributed by atoms with Crippen molar-refractivity contribution in [2.45, 2.75) is 0 Å². The minimum absolute atomic E-state index is 0.0237. The molecule has 3 aromatic rings. The molecule has 0 aliphatic carbocycles. The van der Waals surface area contributed by atoms with Crippen molar-refractivity contribution in [3.8, 4) is 23.5 Å². The molecule has 23 heavy (non-hydrogen) atoms. The average molecular weight is 307 g/mol. The van der Waals surface area contributed by atoms with Gasteiger partial charge in [-0.3, -0.25) is 10.1 Å². The lowest BCUT2D eigenvalue weighted by Gasteiger charge is -1.92. The Morgan fingerprint density at radius 1 is 1.04 bits per heavy atom. The number of hydrogen-bond donors (Lipinski definition) is 0. The van der Waals surface area contributed by atoms with E-state index in [0.29, 0.717) is 11.3 Å². The minimum Gasteiger partial charge on any atom is -0.538 e. The lowest BCUT2D eigenvalue weighted by molar-refractivity contribution is -0.672. The predicted octanol–water partition coefficient (Wildman–Crippen LogP) is 1.33. The molecule has 0 unspecified atom stereocenters. The number of nitro benzene ring substituents is 1. The second kappa shape index (κ2) is 5.99. The molecule has 7 nitrogen and oxygen atoms in total. The van der Waals surface area contributed by atoms with Gasteiger partial charge in [-0.25, -0.2) is 0 Å². The number of nitrogens with zero attached hydrogens (tertiary/aromatic N) is 3. The highest BCUT2D eigenvalue weighted by Crippen LogP contribution is 2.12. The molecule has 0 aliphatic rings. The zero-order valence-electron chi connectivity index (χ0n) is 11.7. The van der Waals surface area contributed by atoms with Gasteiger partial charge < -0.3 is 9.63 Å². The summed E-state index contributed by atoms with van der Waals surface area (Å²) in [5.41, 5.74) is 1.24. The van der Waals surface area contributed by atoms with Crippen molar-refractivity contribution < 1.29 is 19.2 Å². The lowest BCUT2D eigenvalue weighted by Crippen LogP contribution is -2.35. The first-order valence-corrected chi connectivity index (χ1v) is 6.56. The summed E-state index contributed by atoms with van der Waals surface area (Å²) in [7, 11) is 0. The fourth-order valence-electron chi connectivity index (χ4n) is 1.90. The highest BCUT2D eigenvalue weighted by molar-refractivity contribution is 5.44. The Balaban J connectivity index is 1.95. The number of nitro groups is 1. The van der Waals surface area contributed by atoms with Crippen LogP contribution in [0.1, 0.15) is 11.3 Å². The Morgan fingerprint density at radius 2 is 1.74 bits per heavy atom. The zero-order valence-corrected chi connectivity index (χ0v) is 11.7. The lowest BCUT2D eigenvalue weighted by atomic mass is 10.2. The van der Waals surface area contributed by atoms with Gasteiger partial charge in [0.05, 0.1) is 10.2 Å². The fourth-order valence-corrected chi connectivity index (χ4v) is 1.90. The smallest absolute Gasteiger partial charge is 0.314 e. The molecule has 1 aromatic heterocycles. The fraction of sp³-hybridized carbons (Fsp3) is 0. The molecule has 2 aromatic carbocycles. The summed E-state index contributed by atoms with van der Waals surface area (Å²) in [5.74, 6) is 4.82. The minimum atomic E-state index is -0.650. The first-order valence-electron chi connectivity index (χ1n) is 6.56. The van der Waals surface area contributed by atoms with Crippen molar-refractivity contribution in [2.75, 3.05) is 0 Å². The van der Waals surface area contributed by atoms with E-state index in [1.54, 1.807) is 24.3 Å². The van der Waals surface area contributed by atoms with Crippen molar-refractivity contribution >= 4 is 5.69 Å². The van der Waals surface area contributed by atoms with Gasteiger partial charge in [-0.1, -0.05) is 24.1 Å². The molecular weight excluding hydrogens is 298 g/mol. The Kier molecular flexibility index (Phi) is 3.72. The van der Waals surface area contributed by atoms with Crippen LogP contribution < -0.4 is 9.79 Å². The van der Waals surface area contributed by atoms with Gasteiger partial charge in [-0.2, -0.15) is 0 Å². The van der Waals surface area contributed by atoms with E-state index in [9.17, 15) is 15.2 Å². The molecule has 112 valence electrons. The van der Waals surface area contributed by atoms with Crippen LogP contribution in [0.25, 0.3) is 5.69 Å². The second-order valence-electron chi connectivity index (χ2n) is 4.51. The van der Waals surface area contributed by atoms with Crippen molar-refractivity contribution in [3.63, 3.8) is 0 Å². The SMILES string of the molecule is O=[N+]([O-])c1ccc(C#Cc2c([O-])on[n+]2-c2ccccc2)cc1. The van der Waals surface area contributed by atoms with E-state index in [2.05, 4.69) is 21.6 Å². The maximum atomic E-state index is 11.7. The average Bonchev–Trinajstić information content (AvgIpc) is 2.95. The molecule has 0 N–H and O–H groups in total. The molecule has 0 spiro atoms. The van der Waals surface area contributed by atoms with Crippen LogP contribution in [-0.4, -0.2) is 10.2 Å². The van der Waals surface area contributed by atoms with E-state index >= 15 is 0 Å². The number of rotatable bonds is 2. The molecule has 0 radical (unpaired) electrons. The van der Waals surface area contributed by atoms with Gasteiger partial charge in [0.2, 0.25) is 5.69 Å². The third-order valence-corrected chi connectivity index (χ3v) is 3.01. The second-order valence-corrected chi connectivity index (χ2v) is 4.51. The number of non-ortho nitro benzene ring substituents is 1. The maximum Gasteiger partial charge on any atom is 0.314 e.